The van der Waals surface area contributed by atoms with Crippen LogP contribution in [0.4, 0.5) is 5.69 Å². The second-order valence-corrected chi connectivity index (χ2v) is 12.3. The average Bonchev–Trinajstić information content (AvgIpc) is 3.08. The van der Waals surface area contributed by atoms with E-state index >= 15 is 0 Å². The molecule has 1 aliphatic carbocycles. The van der Waals surface area contributed by atoms with Crippen molar-refractivity contribution in [3.8, 4) is 10.6 Å². The summed E-state index contributed by atoms with van der Waals surface area (Å²) in [6, 6.07) is 56.3. The minimum absolute atomic E-state index is 0. The van der Waals surface area contributed by atoms with Gasteiger partial charge in [-0.15, -0.1) is 11.3 Å². The van der Waals surface area contributed by atoms with E-state index in [-0.39, 0.29) is 12.4 Å². The van der Waals surface area contributed by atoms with E-state index in [1.807, 2.05) is 11.3 Å². The number of aromatic nitrogens is 1. The lowest BCUT2D eigenvalue weighted by atomic mass is 10.1. The second kappa shape index (κ2) is 14.3. The highest BCUT2D eigenvalue weighted by molar-refractivity contribution is 7.21. The first-order valence-electron chi connectivity index (χ1n) is 15.1. The second-order valence-electron chi connectivity index (χ2n) is 11.2. The fourth-order valence-electron chi connectivity index (χ4n) is 5.69. The zero-order chi connectivity index (χ0) is 29.6. The number of anilines is 1. The molecule has 3 nitrogen and oxygen atoms in total. The molecule has 0 unspecified atom stereocenters. The summed E-state index contributed by atoms with van der Waals surface area (Å²) >= 11 is 1.82. The summed E-state index contributed by atoms with van der Waals surface area (Å²) < 4.78 is 3.65. The minimum Gasteiger partial charge on any atom is -1.00 e. The first-order chi connectivity index (χ1) is 21.8. The van der Waals surface area contributed by atoms with Crippen molar-refractivity contribution < 1.29 is 12.4 Å². The first-order valence-corrected chi connectivity index (χ1v) is 15.9. The molecule has 222 valence electrons. The Labute approximate surface area is 275 Å². The van der Waals surface area contributed by atoms with E-state index < -0.39 is 0 Å². The van der Waals surface area contributed by atoms with Crippen molar-refractivity contribution in [3.63, 3.8) is 0 Å². The van der Waals surface area contributed by atoms with E-state index in [2.05, 4.69) is 167 Å². The van der Waals surface area contributed by atoms with E-state index in [1.165, 1.54) is 42.9 Å². The molecule has 5 aromatic rings. The van der Waals surface area contributed by atoms with Gasteiger partial charge in [-0.2, -0.15) is 0 Å². The topological polar surface area (TPSA) is 19.1 Å². The molecule has 0 atom stereocenters. The third kappa shape index (κ3) is 7.49. The van der Waals surface area contributed by atoms with Crippen LogP contribution < -0.4 is 27.2 Å². The van der Waals surface area contributed by atoms with Gasteiger partial charge in [-0.3, -0.25) is 0 Å². The Hall–Kier alpha value is -4.77. The number of fused-ring (bicyclic) bond motifs is 2. The molecule has 0 bridgehead atoms. The quantitative estimate of drug-likeness (QED) is 0.150. The van der Waals surface area contributed by atoms with Gasteiger partial charge >= 0.3 is 0 Å². The molecule has 1 aliphatic heterocycles. The van der Waals surface area contributed by atoms with Crippen LogP contribution in [0.1, 0.15) is 22.3 Å². The Kier molecular flexibility index (Phi) is 9.64. The summed E-state index contributed by atoms with van der Waals surface area (Å²) in [5, 5.41) is 1.20. The molecule has 0 saturated carbocycles. The Morgan fingerprint density at radius 3 is 1.58 bits per heavy atom. The van der Waals surface area contributed by atoms with Crippen LogP contribution in [-0.2, 0) is 26.2 Å². The largest absolute Gasteiger partial charge is 1.00 e. The van der Waals surface area contributed by atoms with Crippen LogP contribution >= 0.6 is 11.3 Å². The minimum atomic E-state index is 0. The van der Waals surface area contributed by atoms with E-state index in [4.69, 9.17) is 4.98 Å². The van der Waals surface area contributed by atoms with Gasteiger partial charge in [-0.1, -0.05) is 121 Å². The highest BCUT2D eigenvalue weighted by atomic mass is 35.5. The highest BCUT2D eigenvalue weighted by Crippen LogP contribution is 2.33. The highest BCUT2D eigenvalue weighted by Gasteiger charge is 2.15. The summed E-state index contributed by atoms with van der Waals surface area (Å²) in [6.07, 6.45) is 0. The van der Waals surface area contributed by atoms with Crippen LogP contribution in [0, 0.1) is 0 Å². The third-order valence-electron chi connectivity index (χ3n) is 7.94. The number of benzene rings is 6. The molecule has 0 saturated heterocycles. The van der Waals surface area contributed by atoms with Crippen LogP contribution in [0.3, 0.4) is 0 Å². The van der Waals surface area contributed by atoms with E-state index in [0.29, 0.717) is 0 Å². The van der Waals surface area contributed by atoms with Crippen LogP contribution in [0.2, 0.25) is 0 Å². The molecule has 0 spiro atoms. The Bertz CT molecular complexity index is 1930. The fourth-order valence-corrected chi connectivity index (χ4v) is 6.72. The van der Waals surface area contributed by atoms with Gasteiger partial charge in [-0.25, -0.2) is 9.56 Å². The van der Waals surface area contributed by atoms with Gasteiger partial charge in [-0.05, 0) is 35.4 Å². The summed E-state index contributed by atoms with van der Waals surface area (Å²) in [6.45, 7) is 3.35. The van der Waals surface area contributed by atoms with Crippen molar-refractivity contribution in [1.82, 2.24) is 9.56 Å². The molecule has 2 aliphatic rings. The van der Waals surface area contributed by atoms with E-state index in [9.17, 15) is 0 Å². The summed E-state index contributed by atoms with van der Waals surface area (Å²) in [4.78, 5) is 8.74. The fraction of sp³-hybridized carbons (Fsp3) is 0.100. The molecule has 0 aromatic heterocycles. The SMILES string of the molecule is [Cl-].c1ccc(CN(Cc2ccccc2)c2ccc3nc4ccc(=[N+](Cc5ccccc5)Cc5ccccc5)cc-4sc3c2)cc1. The van der Waals surface area contributed by atoms with Crippen LogP contribution in [0.25, 0.3) is 20.8 Å². The van der Waals surface area contributed by atoms with Gasteiger partial charge in [0.05, 0.1) is 20.8 Å². The maximum absolute atomic E-state index is 5.09. The van der Waals surface area contributed by atoms with Gasteiger partial charge in [0.25, 0.3) is 0 Å². The molecule has 5 aromatic carbocycles. The zero-order valence-corrected chi connectivity index (χ0v) is 26.5. The van der Waals surface area contributed by atoms with Gasteiger partial charge in [0.2, 0.25) is 5.36 Å². The molecular weight excluding hydrogens is 590 g/mol. The zero-order valence-electron chi connectivity index (χ0n) is 25.0. The van der Waals surface area contributed by atoms with Gasteiger partial charge in [0.1, 0.15) is 0 Å². The van der Waals surface area contributed by atoms with Crippen LogP contribution in [0.15, 0.2) is 158 Å². The van der Waals surface area contributed by atoms with Crippen molar-refractivity contribution >= 4 is 27.2 Å². The van der Waals surface area contributed by atoms with Crippen molar-refractivity contribution in [1.29, 1.82) is 0 Å². The first kappa shape index (κ1) is 30.3. The summed E-state index contributed by atoms with van der Waals surface area (Å²) in [7, 11) is 0. The smallest absolute Gasteiger partial charge is 0.202 e. The monoisotopic (exact) mass is 623 g/mol. The number of halogens is 1. The van der Waals surface area contributed by atoms with Crippen molar-refractivity contribution in [2.24, 2.45) is 0 Å². The number of hydrogen-bond acceptors (Lipinski definition) is 3. The summed E-state index contributed by atoms with van der Waals surface area (Å²) in [5.74, 6) is 0. The maximum Gasteiger partial charge on any atom is 0.202 e. The molecular formula is C40H34ClN3S. The van der Waals surface area contributed by atoms with E-state index in [1.54, 1.807) is 0 Å². The van der Waals surface area contributed by atoms with Crippen molar-refractivity contribution in [3.05, 3.63) is 185 Å². The Morgan fingerprint density at radius 2 is 1.04 bits per heavy atom. The van der Waals surface area contributed by atoms with Crippen molar-refractivity contribution in [2.75, 3.05) is 4.90 Å². The average molecular weight is 624 g/mol. The van der Waals surface area contributed by atoms with Crippen LogP contribution in [-0.4, -0.2) is 4.98 Å². The molecule has 7 rings (SSSR count). The van der Waals surface area contributed by atoms with Gasteiger partial charge in [0, 0.05) is 42.0 Å². The van der Waals surface area contributed by atoms with Crippen molar-refractivity contribution in [2.45, 2.75) is 26.2 Å². The number of hydrogen-bond donors (Lipinski definition) is 0. The summed E-state index contributed by atoms with van der Waals surface area (Å²) in [5.41, 5.74) is 8.45. The standard InChI is InChI=1S/C40H34N3S.ClH/c1-5-13-31(14-6-1)27-42(28-32-15-7-2-8-16-32)35-21-23-37-39(25-35)44-40-26-36(22-24-38(40)41-37)43(29-33-17-9-3-10-18-33)30-34-19-11-4-12-20-34;/h1-26H,27-30H2;1H/q+1;/p-1. The maximum atomic E-state index is 5.09. The molecule has 45 heavy (non-hydrogen) atoms. The van der Waals surface area contributed by atoms with Gasteiger partial charge < -0.3 is 17.3 Å². The Morgan fingerprint density at radius 1 is 0.533 bits per heavy atom. The molecule has 0 fully saturated rings. The van der Waals surface area contributed by atoms with Gasteiger partial charge in [0.15, 0.2) is 13.1 Å². The lowest BCUT2D eigenvalue weighted by molar-refractivity contribution is -0.00000860. The lowest BCUT2D eigenvalue weighted by Crippen LogP contribution is -3.00. The molecule has 0 amide bonds. The normalized spacial score (nSPS) is 10.8. The Balaban J connectivity index is 0.00000357. The van der Waals surface area contributed by atoms with E-state index in [0.717, 1.165) is 37.4 Å². The molecule has 5 heteroatoms. The lowest BCUT2D eigenvalue weighted by Gasteiger charge is -2.25. The number of rotatable bonds is 9. The molecule has 0 radical (unpaired) electrons. The number of nitrogens with zero attached hydrogens (tertiary/aromatic N) is 3. The van der Waals surface area contributed by atoms with Crippen LogP contribution in [0.5, 0.6) is 0 Å². The molecule has 1 heterocycles. The molecule has 0 N–H and O–H groups in total. The third-order valence-corrected chi connectivity index (χ3v) is 9.04. The predicted molar refractivity (Wildman–Crippen MR) is 185 cm³/mol. The predicted octanol–water partition coefficient (Wildman–Crippen LogP) is 5.78.